The lowest BCUT2D eigenvalue weighted by molar-refractivity contribution is -0.137. The average molecular weight is 259 g/mol. The van der Waals surface area contributed by atoms with Gasteiger partial charge in [-0.1, -0.05) is 18.2 Å². The highest BCUT2D eigenvalue weighted by Gasteiger charge is 2.22. The fourth-order valence-corrected chi connectivity index (χ4v) is 2.99. The highest BCUT2D eigenvalue weighted by atomic mass is 32.2. The minimum atomic E-state index is -0.517. The first-order valence-corrected chi connectivity index (χ1v) is 6.79. The molecule has 0 aliphatic carbocycles. The molecular weight excluding hydrogens is 246 g/mol. The quantitative estimate of drug-likeness (QED) is 0.465. The maximum absolute atomic E-state index is 11.8. The van der Waals surface area contributed by atoms with Gasteiger partial charge in [-0.3, -0.25) is 0 Å². The molecule has 1 aliphatic heterocycles. The summed E-state index contributed by atoms with van der Waals surface area (Å²) in [6.07, 6.45) is 0.726. The topological polar surface area (TPSA) is 50.1 Å². The van der Waals surface area contributed by atoms with Gasteiger partial charge >= 0.3 is 5.97 Å². The van der Waals surface area contributed by atoms with Crippen molar-refractivity contribution in [3.8, 4) is 6.07 Å². The van der Waals surface area contributed by atoms with E-state index in [9.17, 15) is 10.1 Å². The molecule has 0 aromatic heterocycles. The number of thioether (sulfide) groups is 1. The zero-order valence-electron chi connectivity index (χ0n) is 10.1. The van der Waals surface area contributed by atoms with Crippen molar-refractivity contribution in [2.75, 3.05) is 12.4 Å². The minimum Gasteiger partial charge on any atom is -0.462 e. The fourth-order valence-electron chi connectivity index (χ4n) is 1.94. The van der Waals surface area contributed by atoms with Crippen molar-refractivity contribution in [2.45, 2.75) is 18.2 Å². The van der Waals surface area contributed by atoms with Crippen molar-refractivity contribution in [1.29, 1.82) is 5.26 Å². The predicted octanol–water partition coefficient (Wildman–Crippen LogP) is 3.02. The van der Waals surface area contributed by atoms with Gasteiger partial charge in [0.2, 0.25) is 0 Å². The van der Waals surface area contributed by atoms with Crippen LogP contribution in [0.3, 0.4) is 0 Å². The molecule has 0 fully saturated rings. The number of ether oxygens (including phenoxy) is 1. The third-order valence-corrected chi connectivity index (χ3v) is 3.79. The Bertz CT molecular complexity index is 543. The van der Waals surface area contributed by atoms with Gasteiger partial charge in [-0.2, -0.15) is 5.26 Å². The molecule has 1 aliphatic rings. The molecule has 0 atom stereocenters. The number of esters is 1. The Balaban J connectivity index is 2.50. The molecule has 3 nitrogen and oxygen atoms in total. The third-order valence-electron chi connectivity index (χ3n) is 2.71. The van der Waals surface area contributed by atoms with E-state index in [1.165, 1.54) is 0 Å². The molecule has 18 heavy (non-hydrogen) atoms. The van der Waals surface area contributed by atoms with E-state index in [0.717, 1.165) is 28.2 Å². The Morgan fingerprint density at radius 1 is 1.50 bits per heavy atom. The number of fused-ring (bicyclic) bond motifs is 1. The van der Waals surface area contributed by atoms with Gasteiger partial charge in [0.1, 0.15) is 11.6 Å². The maximum Gasteiger partial charge on any atom is 0.349 e. The maximum atomic E-state index is 11.8. The monoisotopic (exact) mass is 259 g/mol. The van der Waals surface area contributed by atoms with Crippen LogP contribution in [0.1, 0.15) is 18.9 Å². The molecule has 0 saturated carbocycles. The summed E-state index contributed by atoms with van der Waals surface area (Å²) in [6, 6.07) is 9.84. The molecule has 0 bridgehead atoms. The molecule has 1 aromatic rings. The highest BCUT2D eigenvalue weighted by molar-refractivity contribution is 7.99. The normalized spacial score (nSPS) is 16.4. The number of carbonyl (C=O) groups excluding carboxylic acids is 1. The van der Waals surface area contributed by atoms with Crippen molar-refractivity contribution in [1.82, 2.24) is 0 Å². The molecule has 0 unspecified atom stereocenters. The number of rotatable bonds is 2. The summed E-state index contributed by atoms with van der Waals surface area (Å²) < 4.78 is 4.94. The average Bonchev–Trinajstić information content (AvgIpc) is 2.40. The molecular formula is C14H13NO2S. The van der Waals surface area contributed by atoms with Crippen LogP contribution in [0.25, 0.3) is 5.57 Å². The Hall–Kier alpha value is -1.73. The van der Waals surface area contributed by atoms with Crippen LogP contribution in [-0.2, 0) is 9.53 Å². The predicted molar refractivity (Wildman–Crippen MR) is 70.9 cm³/mol. The van der Waals surface area contributed by atoms with Crippen LogP contribution in [0.15, 0.2) is 34.7 Å². The Labute approximate surface area is 110 Å². The summed E-state index contributed by atoms with van der Waals surface area (Å²) in [5.74, 6) is 0.369. The molecule has 0 radical (unpaired) electrons. The first-order chi connectivity index (χ1) is 8.77. The Kier molecular flexibility index (Phi) is 4.06. The van der Waals surface area contributed by atoms with Crippen molar-refractivity contribution in [3.63, 3.8) is 0 Å². The summed E-state index contributed by atoms with van der Waals surface area (Å²) in [4.78, 5) is 12.9. The van der Waals surface area contributed by atoms with E-state index in [1.54, 1.807) is 18.7 Å². The standard InChI is InChI=1S/C14H13NO2S/c1-2-17-14(16)12(9-15)10-7-8-18-13-6-4-3-5-11(10)13/h3-6H,2,7-8H2,1H3/b12-10+. The van der Waals surface area contributed by atoms with Crippen molar-refractivity contribution in [2.24, 2.45) is 0 Å². The Morgan fingerprint density at radius 2 is 2.28 bits per heavy atom. The second kappa shape index (κ2) is 5.74. The number of nitrogens with zero attached hydrogens (tertiary/aromatic N) is 1. The molecule has 4 heteroatoms. The first kappa shape index (κ1) is 12.7. The van der Waals surface area contributed by atoms with Crippen LogP contribution >= 0.6 is 11.8 Å². The largest absolute Gasteiger partial charge is 0.462 e. The molecule has 92 valence electrons. The summed E-state index contributed by atoms with van der Waals surface area (Å²) in [7, 11) is 0. The van der Waals surface area contributed by atoms with Gasteiger partial charge < -0.3 is 4.74 Å². The second-order valence-electron chi connectivity index (χ2n) is 3.78. The summed E-state index contributed by atoms with van der Waals surface area (Å²) >= 11 is 1.75. The number of carbonyl (C=O) groups is 1. The van der Waals surface area contributed by atoms with Gasteiger partial charge in [-0.15, -0.1) is 11.8 Å². The number of benzene rings is 1. The van der Waals surface area contributed by atoms with E-state index >= 15 is 0 Å². The van der Waals surface area contributed by atoms with Gasteiger partial charge in [-0.05, 0) is 30.5 Å². The lowest BCUT2D eigenvalue weighted by atomic mass is 9.97. The molecule has 0 saturated heterocycles. The van der Waals surface area contributed by atoms with Crippen molar-refractivity contribution in [3.05, 3.63) is 35.4 Å². The summed E-state index contributed by atoms with van der Waals surface area (Å²) in [5.41, 5.74) is 1.94. The minimum absolute atomic E-state index is 0.143. The zero-order chi connectivity index (χ0) is 13.0. The van der Waals surface area contributed by atoms with E-state index in [-0.39, 0.29) is 12.2 Å². The second-order valence-corrected chi connectivity index (χ2v) is 4.92. The smallest absolute Gasteiger partial charge is 0.349 e. The van der Waals surface area contributed by atoms with Gasteiger partial charge in [0.05, 0.1) is 6.61 Å². The van der Waals surface area contributed by atoms with Crippen LogP contribution < -0.4 is 0 Å². The molecule has 0 amide bonds. The van der Waals surface area contributed by atoms with E-state index in [1.807, 2.05) is 30.3 Å². The van der Waals surface area contributed by atoms with Gasteiger partial charge in [0.15, 0.2) is 0 Å². The third kappa shape index (κ3) is 2.41. The Morgan fingerprint density at radius 3 is 3.00 bits per heavy atom. The lowest BCUT2D eigenvalue weighted by Crippen LogP contribution is -2.11. The number of hydrogen-bond donors (Lipinski definition) is 0. The van der Waals surface area contributed by atoms with Gasteiger partial charge in [0, 0.05) is 10.6 Å². The van der Waals surface area contributed by atoms with Crippen LogP contribution in [0.4, 0.5) is 0 Å². The van der Waals surface area contributed by atoms with Crippen LogP contribution in [0.2, 0.25) is 0 Å². The van der Waals surface area contributed by atoms with E-state index in [4.69, 9.17) is 4.74 Å². The highest BCUT2D eigenvalue weighted by Crippen LogP contribution is 2.38. The first-order valence-electron chi connectivity index (χ1n) is 5.80. The number of nitriles is 1. The van der Waals surface area contributed by atoms with Gasteiger partial charge in [0.25, 0.3) is 0 Å². The van der Waals surface area contributed by atoms with E-state index in [0.29, 0.717) is 0 Å². The fraction of sp³-hybridized carbons (Fsp3) is 0.286. The molecule has 0 N–H and O–H groups in total. The lowest BCUT2D eigenvalue weighted by Gasteiger charge is -2.19. The number of hydrogen-bond acceptors (Lipinski definition) is 4. The summed E-state index contributed by atoms with van der Waals surface area (Å²) in [6.45, 7) is 2.02. The van der Waals surface area contributed by atoms with Crippen LogP contribution in [0.5, 0.6) is 0 Å². The molecule has 1 heterocycles. The molecule has 2 rings (SSSR count). The zero-order valence-corrected chi connectivity index (χ0v) is 10.9. The molecule has 1 aromatic carbocycles. The van der Waals surface area contributed by atoms with Crippen LogP contribution in [-0.4, -0.2) is 18.3 Å². The molecule has 0 spiro atoms. The van der Waals surface area contributed by atoms with E-state index in [2.05, 4.69) is 0 Å². The SMILES string of the molecule is CCOC(=O)/C(C#N)=C1\CCSc2ccccc21. The summed E-state index contributed by atoms with van der Waals surface area (Å²) in [5, 5.41) is 9.19. The number of allylic oxidation sites excluding steroid dienone is 1. The van der Waals surface area contributed by atoms with Crippen molar-refractivity contribution < 1.29 is 9.53 Å². The van der Waals surface area contributed by atoms with E-state index < -0.39 is 5.97 Å². The van der Waals surface area contributed by atoms with Crippen molar-refractivity contribution >= 4 is 23.3 Å². The van der Waals surface area contributed by atoms with Crippen LogP contribution in [0, 0.1) is 11.3 Å². The van der Waals surface area contributed by atoms with Gasteiger partial charge in [-0.25, -0.2) is 4.79 Å².